The maximum absolute atomic E-state index is 12.3. The first-order valence-corrected chi connectivity index (χ1v) is 15.3. The van der Waals surface area contributed by atoms with E-state index in [1.54, 1.807) is 0 Å². The van der Waals surface area contributed by atoms with Crippen molar-refractivity contribution in [2.45, 2.75) is 123 Å². The molecule has 0 bridgehead atoms. The molecule has 0 heterocycles. The summed E-state index contributed by atoms with van der Waals surface area (Å²) in [5, 5.41) is 11.3. The summed E-state index contributed by atoms with van der Waals surface area (Å²) in [6, 6.07) is 0. The maximum atomic E-state index is 12.3. The summed E-state index contributed by atoms with van der Waals surface area (Å²) in [4.78, 5) is 12.3. The van der Waals surface area contributed by atoms with Gasteiger partial charge in [-0.2, -0.15) is 0 Å². The van der Waals surface area contributed by atoms with Gasteiger partial charge in [0, 0.05) is 6.42 Å². The van der Waals surface area contributed by atoms with Crippen LogP contribution in [0.3, 0.4) is 0 Å². The summed E-state index contributed by atoms with van der Waals surface area (Å²) in [6.07, 6.45) is 20.6. The summed E-state index contributed by atoms with van der Waals surface area (Å²) in [6.45, 7) is 7.02. The van der Waals surface area contributed by atoms with Crippen molar-refractivity contribution in [2.24, 2.45) is 34.5 Å². The minimum absolute atomic E-state index is 0.0765. The van der Waals surface area contributed by atoms with Crippen LogP contribution in [0.4, 0.5) is 0 Å². The predicted octanol–water partition coefficient (Wildman–Crippen LogP) is 8.05. The van der Waals surface area contributed by atoms with Crippen molar-refractivity contribution in [3.63, 3.8) is 0 Å². The molecule has 3 saturated carbocycles. The fourth-order valence-electron chi connectivity index (χ4n) is 8.63. The molecular formula is C29H47IO2. The van der Waals surface area contributed by atoms with Gasteiger partial charge in [0.1, 0.15) is 0 Å². The molecule has 4 unspecified atom stereocenters. The van der Waals surface area contributed by atoms with Gasteiger partial charge in [-0.25, -0.2) is 0 Å². The molecule has 0 aromatic carbocycles. The normalized spacial score (nSPS) is 43.4. The first kappa shape index (κ1) is 25.2. The van der Waals surface area contributed by atoms with Gasteiger partial charge >= 0.3 is 0 Å². The molecule has 1 N–H and O–H groups in total. The Morgan fingerprint density at radius 2 is 1.59 bits per heavy atom. The van der Waals surface area contributed by atoms with E-state index in [4.69, 9.17) is 0 Å². The Balaban J connectivity index is 1.48. The first-order chi connectivity index (χ1) is 15.2. The van der Waals surface area contributed by atoms with E-state index in [2.05, 4.69) is 49.4 Å². The highest BCUT2D eigenvalue weighted by molar-refractivity contribution is 14.1. The SMILES string of the molecule is C[C@]12CCC(=O)C=C1CC(CCCCCCCCCI)C1C2CC[C@@]2(C)C1CC[C@]2(C)O. The Morgan fingerprint density at radius 3 is 2.31 bits per heavy atom. The molecule has 3 heteroatoms. The van der Waals surface area contributed by atoms with Crippen molar-refractivity contribution >= 4 is 28.4 Å². The van der Waals surface area contributed by atoms with E-state index in [0.29, 0.717) is 23.5 Å². The molecule has 2 nitrogen and oxygen atoms in total. The van der Waals surface area contributed by atoms with E-state index in [1.807, 2.05) is 0 Å². The molecular weight excluding hydrogens is 507 g/mol. The Morgan fingerprint density at radius 1 is 0.938 bits per heavy atom. The molecule has 4 aliphatic rings. The lowest BCUT2D eigenvalue weighted by Crippen LogP contribution is -2.56. The van der Waals surface area contributed by atoms with Gasteiger partial charge < -0.3 is 5.11 Å². The highest BCUT2D eigenvalue weighted by atomic mass is 127. The second-order valence-corrected chi connectivity index (χ2v) is 13.6. The minimum atomic E-state index is -0.509. The second kappa shape index (κ2) is 9.99. The predicted molar refractivity (Wildman–Crippen MR) is 142 cm³/mol. The van der Waals surface area contributed by atoms with Crippen LogP contribution < -0.4 is 0 Å². The molecule has 0 aromatic heterocycles. The maximum Gasteiger partial charge on any atom is 0.155 e. The summed E-state index contributed by atoms with van der Waals surface area (Å²) in [7, 11) is 0. The Labute approximate surface area is 210 Å². The number of alkyl halides is 1. The van der Waals surface area contributed by atoms with E-state index >= 15 is 0 Å². The van der Waals surface area contributed by atoms with Crippen molar-refractivity contribution in [1.29, 1.82) is 0 Å². The van der Waals surface area contributed by atoms with Crippen LogP contribution in [0.1, 0.15) is 117 Å². The van der Waals surface area contributed by atoms with Crippen LogP contribution >= 0.6 is 22.6 Å². The van der Waals surface area contributed by atoms with Gasteiger partial charge in [-0.05, 0) is 103 Å². The van der Waals surface area contributed by atoms with Crippen LogP contribution in [0.15, 0.2) is 11.6 Å². The van der Waals surface area contributed by atoms with E-state index in [9.17, 15) is 9.90 Å². The molecule has 0 aliphatic heterocycles. The number of allylic oxidation sites excluding steroid dienone is 1. The fraction of sp³-hybridized carbons (Fsp3) is 0.897. The number of unbranched alkanes of at least 4 members (excludes halogenated alkanes) is 6. The first-order valence-electron chi connectivity index (χ1n) is 13.8. The van der Waals surface area contributed by atoms with Crippen molar-refractivity contribution in [1.82, 2.24) is 0 Å². The second-order valence-electron chi connectivity index (χ2n) is 12.5. The van der Waals surface area contributed by atoms with Gasteiger partial charge in [0.15, 0.2) is 5.78 Å². The lowest BCUT2D eigenvalue weighted by atomic mass is 9.44. The number of fused-ring (bicyclic) bond motifs is 5. The van der Waals surface area contributed by atoms with Crippen LogP contribution in [0, 0.1) is 34.5 Å². The molecule has 0 aromatic rings. The molecule has 4 aliphatic carbocycles. The number of carbonyl (C=O) groups is 1. The van der Waals surface area contributed by atoms with E-state index in [0.717, 1.165) is 38.0 Å². The van der Waals surface area contributed by atoms with Gasteiger partial charge in [0.25, 0.3) is 0 Å². The average molecular weight is 555 g/mol. The molecule has 0 saturated heterocycles. The average Bonchev–Trinajstić information content (AvgIpc) is 3.00. The molecule has 32 heavy (non-hydrogen) atoms. The minimum Gasteiger partial charge on any atom is -0.390 e. The number of hydrogen-bond acceptors (Lipinski definition) is 2. The zero-order valence-electron chi connectivity index (χ0n) is 20.9. The Kier molecular flexibility index (Phi) is 7.87. The molecule has 3 fully saturated rings. The number of halogens is 1. The number of carbonyl (C=O) groups excluding carboxylic acids is 1. The topological polar surface area (TPSA) is 37.3 Å². The van der Waals surface area contributed by atoms with Crippen LogP contribution in [-0.4, -0.2) is 20.9 Å². The molecule has 0 amide bonds. The van der Waals surface area contributed by atoms with E-state index in [-0.39, 0.29) is 10.8 Å². The Bertz CT molecular complexity index is 712. The standard InChI is InChI=1S/C29H47IO2/c1-27-15-12-23(31)20-22(27)19-21(11-9-7-5-4-6-8-10-18-30)26-24(27)13-16-28(2)25(26)14-17-29(28,3)32/h20-21,24-26,32H,4-19H2,1-3H3/t21?,24?,25?,26?,27-,28-,29-/m0/s1. The molecule has 182 valence electrons. The summed E-state index contributed by atoms with van der Waals surface area (Å²) >= 11 is 2.49. The van der Waals surface area contributed by atoms with Crippen molar-refractivity contribution < 1.29 is 9.90 Å². The molecule has 4 rings (SSSR count). The smallest absolute Gasteiger partial charge is 0.155 e. The lowest BCUT2D eigenvalue weighted by molar-refractivity contribution is -0.135. The van der Waals surface area contributed by atoms with E-state index < -0.39 is 5.60 Å². The van der Waals surface area contributed by atoms with Crippen molar-refractivity contribution in [2.75, 3.05) is 4.43 Å². The van der Waals surface area contributed by atoms with E-state index in [1.165, 1.54) is 74.2 Å². The number of hydrogen-bond donors (Lipinski definition) is 1. The third kappa shape index (κ3) is 4.52. The van der Waals surface area contributed by atoms with Gasteiger partial charge in [0.2, 0.25) is 0 Å². The van der Waals surface area contributed by atoms with Gasteiger partial charge in [0.05, 0.1) is 5.60 Å². The molecule has 0 spiro atoms. The molecule has 0 radical (unpaired) electrons. The highest BCUT2D eigenvalue weighted by Crippen LogP contribution is 2.69. The van der Waals surface area contributed by atoms with Crippen LogP contribution in [0.2, 0.25) is 0 Å². The highest BCUT2D eigenvalue weighted by Gasteiger charge is 2.64. The summed E-state index contributed by atoms with van der Waals surface area (Å²) in [5.41, 5.74) is 1.29. The van der Waals surface area contributed by atoms with Crippen molar-refractivity contribution in [3.8, 4) is 0 Å². The third-order valence-electron chi connectivity index (χ3n) is 10.9. The monoisotopic (exact) mass is 554 g/mol. The fourth-order valence-corrected chi connectivity index (χ4v) is 9.17. The third-order valence-corrected chi connectivity index (χ3v) is 11.7. The lowest BCUT2D eigenvalue weighted by Gasteiger charge is -2.61. The van der Waals surface area contributed by atoms with Gasteiger partial charge in [-0.15, -0.1) is 0 Å². The number of rotatable bonds is 9. The quantitative estimate of drug-likeness (QED) is 0.178. The largest absolute Gasteiger partial charge is 0.390 e. The zero-order chi connectivity index (χ0) is 23.0. The van der Waals surface area contributed by atoms with Gasteiger partial charge in [-0.1, -0.05) is 80.5 Å². The molecule has 7 atom stereocenters. The number of aliphatic hydroxyl groups is 1. The Hall–Kier alpha value is 0.1000. The number of ketones is 1. The van der Waals surface area contributed by atoms with Crippen LogP contribution in [-0.2, 0) is 4.79 Å². The summed E-state index contributed by atoms with van der Waals surface area (Å²) < 4.78 is 1.30. The zero-order valence-corrected chi connectivity index (χ0v) is 23.1. The van der Waals surface area contributed by atoms with Gasteiger partial charge in [-0.3, -0.25) is 4.79 Å². The van der Waals surface area contributed by atoms with Crippen LogP contribution in [0.25, 0.3) is 0 Å². The summed E-state index contributed by atoms with van der Waals surface area (Å²) in [5.74, 6) is 3.18. The van der Waals surface area contributed by atoms with Crippen molar-refractivity contribution in [3.05, 3.63) is 11.6 Å². The van der Waals surface area contributed by atoms with Crippen LogP contribution in [0.5, 0.6) is 0 Å².